The van der Waals surface area contributed by atoms with Gasteiger partial charge in [-0.3, -0.25) is 14.7 Å². The number of carbonyl (C=O) groups is 3. The number of aromatic amines is 1. The van der Waals surface area contributed by atoms with Crippen LogP contribution in [0.3, 0.4) is 0 Å². The van der Waals surface area contributed by atoms with Crippen LogP contribution >= 0.6 is 0 Å². The standard InChI is InChI=1S/C21H24N4O6/c26-18-14(16(20(28)29)22-24(18)12-6-1-2-7-12)10-5-11-15-17(21(30)31)23-25(19(15)27)13-8-3-4-9-13/h5,10-13,22H,1-4,6-9H2,(H,28,29)(H,30,31). The van der Waals surface area contributed by atoms with E-state index >= 15 is 0 Å². The quantitative estimate of drug-likeness (QED) is 0.592. The van der Waals surface area contributed by atoms with E-state index in [1.807, 2.05) is 0 Å². The fraction of sp³-hybridized carbons (Fsp3) is 0.476. The summed E-state index contributed by atoms with van der Waals surface area (Å²) in [7, 11) is 0. The van der Waals surface area contributed by atoms with Gasteiger partial charge in [-0.15, -0.1) is 0 Å². The average molecular weight is 428 g/mol. The first-order valence-electron chi connectivity index (χ1n) is 10.5. The summed E-state index contributed by atoms with van der Waals surface area (Å²) < 4.78 is 1.36. The molecule has 0 atom stereocenters. The van der Waals surface area contributed by atoms with E-state index in [9.17, 15) is 29.4 Å². The lowest BCUT2D eigenvalue weighted by molar-refractivity contribution is -0.129. The maximum atomic E-state index is 12.8. The zero-order valence-electron chi connectivity index (χ0n) is 16.9. The first-order valence-corrected chi connectivity index (χ1v) is 10.5. The van der Waals surface area contributed by atoms with Gasteiger partial charge in [0.05, 0.1) is 23.2 Å². The number of allylic oxidation sites excluding steroid dienone is 2. The van der Waals surface area contributed by atoms with Crippen molar-refractivity contribution in [3.05, 3.63) is 39.3 Å². The Morgan fingerprint density at radius 2 is 1.58 bits per heavy atom. The van der Waals surface area contributed by atoms with Gasteiger partial charge in [0, 0.05) is 0 Å². The first-order chi connectivity index (χ1) is 14.9. The van der Waals surface area contributed by atoms with Gasteiger partial charge in [-0.25, -0.2) is 19.3 Å². The summed E-state index contributed by atoms with van der Waals surface area (Å²) in [4.78, 5) is 48.7. The second kappa shape index (κ2) is 8.37. The van der Waals surface area contributed by atoms with Gasteiger partial charge in [-0.2, -0.15) is 5.10 Å². The molecule has 3 aliphatic rings. The molecule has 2 heterocycles. The van der Waals surface area contributed by atoms with E-state index in [0.717, 1.165) is 51.4 Å². The summed E-state index contributed by atoms with van der Waals surface area (Å²) in [6.45, 7) is 0. The van der Waals surface area contributed by atoms with Crippen LogP contribution < -0.4 is 5.56 Å². The number of nitrogens with one attached hydrogen (secondary N) is 1. The van der Waals surface area contributed by atoms with Crippen LogP contribution in [0.1, 0.15) is 73.5 Å². The molecular formula is C21H24N4O6. The van der Waals surface area contributed by atoms with Crippen LogP contribution in [-0.4, -0.2) is 54.6 Å². The predicted molar refractivity (Wildman–Crippen MR) is 111 cm³/mol. The van der Waals surface area contributed by atoms with Crippen molar-refractivity contribution in [2.24, 2.45) is 5.10 Å². The molecule has 0 bridgehead atoms. The molecule has 1 aliphatic heterocycles. The Kier molecular flexibility index (Phi) is 5.62. The summed E-state index contributed by atoms with van der Waals surface area (Å²) in [6.07, 6.45) is 10.9. The van der Waals surface area contributed by atoms with Crippen LogP contribution in [0, 0.1) is 0 Å². The Bertz CT molecular complexity index is 1060. The van der Waals surface area contributed by atoms with Crippen LogP contribution in [0.15, 0.2) is 27.6 Å². The van der Waals surface area contributed by atoms with E-state index in [1.54, 1.807) is 0 Å². The summed E-state index contributed by atoms with van der Waals surface area (Å²) in [6, 6.07) is -0.174. The number of carboxylic acid groups (broad SMARTS) is 2. The van der Waals surface area contributed by atoms with Crippen molar-refractivity contribution in [1.29, 1.82) is 0 Å². The van der Waals surface area contributed by atoms with Crippen LogP contribution in [0.4, 0.5) is 0 Å². The molecule has 0 unspecified atom stereocenters. The third-order valence-corrected chi connectivity index (χ3v) is 6.15. The van der Waals surface area contributed by atoms with Gasteiger partial charge in [0.2, 0.25) is 0 Å². The zero-order chi connectivity index (χ0) is 22.1. The fourth-order valence-corrected chi connectivity index (χ4v) is 4.58. The number of hydrogen-bond donors (Lipinski definition) is 3. The van der Waals surface area contributed by atoms with Crippen LogP contribution in [0.2, 0.25) is 0 Å². The molecular weight excluding hydrogens is 404 g/mol. The molecule has 1 aromatic heterocycles. The molecule has 0 saturated heterocycles. The van der Waals surface area contributed by atoms with Gasteiger partial charge in [0.25, 0.3) is 11.5 Å². The molecule has 2 aliphatic carbocycles. The highest BCUT2D eigenvalue weighted by Gasteiger charge is 2.38. The molecule has 2 saturated carbocycles. The lowest BCUT2D eigenvalue weighted by atomic mass is 10.1. The van der Waals surface area contributed by atoms with E-state index < -0.39 is 23.4 Å². The summed E-state index contributed by atoms with van der Waals surface area (Å²) in [5.74, 6) is -3.08. The van der Waals surface area contributed by atoms with Gasteiger partial charge < -0.3 is 10.2 Å². The first kappa shape index (κ1) is 20.8. The third kappa shape index (κ3) is 3.85. The van der Waals surface area contributed by atoms with Crippen molar-refractivity contribution >= 4 is 29.6 Å². The van der Waals surface area contributed by atoms with E-state index in [4.69, 9.17) is 0 Å². The molecule has 4 rings (SSSR count). The molecule has 164 valence electrons. The molecule has 0 radical (unpaired) electrons. The topological polar surface area (TPSA) is 145 Å². The Morgan fingerprint density at radius 1 is 0.968 bits per heavy atom. The lowest BCUT2D eigenvalue weighted by Crippen LogP contribution is -2.31. The highest BCUT2D eigenvalue weighted by Crippen LogP contribution is 2.29. The normalized spacial score (nSPS) is 21.7. The van der Waals surface area contributed by atoms with E-state index in [-0.39, 0.29) is 34.6 Å². The van der Waals surface area contributed by atoms with Gasteiger partial charge >= 0.3 is 11.9 Å². The Morgan fingerprint density at radius 3 is 2.16 bits per heavy atom. The number of aromatic nitrogens is 2. The number of hydrogen-bond acceptors (Lipinski definition) is 5. The molecule has 10 nitrogen and oxygen atoms in total. The highest BCUT2D eigenvalue weighted by molar-refractivity contribution is 6.50. The number of carbonyl (C=O) groups excluding carboxylic acids is 1. The van der Waals surface area contributed by atoms with Crippen molar-refractivity contribution in [1.82, 2.24) is 14.8 Å². The summed E-state index contributed by atoms with van der Waals surface area (Å²) >= 11 is 0. The molecule has 0 spiro atoms. The Hall–Kier alpha value is -3.43. The second-order valence-corrected chi connectivity index (χ2v) is 8.10. The monoisotopic (exact) mass is 428 g/mol. The van der Waals surface area contributed by atoms with Crippen LogP contribution in [-0.2, 0) is 9.59 Å². The third-order valence-electron chi connectivity index (χ3n) is 6.15. The SMILES string of the molecule is O=C(O)C1=NN(C2CCCC2)C(=O)C1=CC=Cc1c(C(=O)O)[nH]n(C2CCCC2)c1=O. The molecule has 1 aromatic rings. The number of rotatable bonds is 6. The zero-order valence-corrected chi connectivity index (χ0v) is 16.9. The van der Waals surface area contributed by atoms with Crippen LogP contribution in [0.25, 0.3) is 6.08 Å². The van der Waals surface area contributed by atoms with E-state index in [2.05, 4.69) is 10.2 Å². The number of aliphatic carboxylic acids is 1. The number of hydrazone groups is 1. The molecule has 3 N–H and O–H groups in total. The smallest absolute Gasteiger partial charge is 0.357 e. The Labute approximate surface area is 177 Å². The van der Waals surface area contributed by atoms with Crippen molar-refractivity contribution in [3.63, 3.8) is 0 Å². The lowest BCUT2D eigenvalue weighted by Gasteiger charge is -2.18. The predicted octanol–water partition coefficient (Wildman–Crippen LogP) is 2.15. The molecule has 0 aromatic carbocycles. The maximum absolute atomic E-state index is 12.8. The van der Waals surface area contributed by atoms with Crippen molar-refractivity contribution in [2.45, 2.75) is 63.5 Å². The van der Waals surface area contributed by atoms with Crippen molar-refractivity contribution < 1.29 is 24.6 Å². The molecule has 2 fully saturated rings. The fourth-order valence-electron chi connectivity index (χ4n) is 4.58. The summed E-state index contributed by atoms with van der Waals surface area (Å²) in [5.41, 5.74) is -1.15. The van der Waals surface area contributed by atoms with Crippen molar-refractivity contribution in [2.75, 3.05) is 0 Å². The Balaban J connectivity index is 1.64. The van der Waals surface area contributed by atoms with Gasteiger partial charge in [0.1, 0.15) is 0 Å². The van der Waals surface area contributed by atoms with Crippen LogP contribution in [0.5, 0.6) is 0 Å². The number of carboxylic acids is 2. The molecule has 31 heavy (non-hydrogen) atoms. The molecule has 1 amide bonds. The average Bonchev–Trinajstić information content (AvgIpc) is 3.50. The number of nitrogens with zero attached hydrogens (tertiary/aromatic N) is 3. The van der Waals surface area contributed by atoms with Gasteiger partial charge in [0.15, 0.2) is 11.4 Å². The highest BCUT2D eigenvalue weighted by atomic mass is 16.4. The number of aromatic carboxylic acids is 1. The van der Waals surface area contributed by atoms with E-state index in [0.29, 0.717) is 0 Å². The summed E-state index contributed by atoms with van der Waals surface area (Å²) in [5, 5.41) is 26.9. The second-order valence-electron chi connectivity index (χ2n) is 8.10. The minimum Gasteiger partial charge on any atom is -0.477 e. The van der Waals surface area contributed by atoms with E-state index in [1.165, 1.54) is 27.9 Å². The minimum absolute atomic E-state index is 0.0387. The molecule has 10 heteroatoms. The minimum atomic E-state index is -1.31. The van der Waals surface area contributed by atoms with Gasteiger partial charge in [-0.1, -0.05) is 31.8 Å². The number of H-pyrrole nitrogens is 1. The number of amides is 1. The maximum Gasteiger partial charge on any atom is 0.357 e. The van der Waals surface area contributed by atoms with Crippen molar-refractivity contribution in [3.8, 4) is 0 Å². The van der Waals surface area contributed by atoms with Gasteiger partial charge in [-0.05, 0) is 37.8 Å². The largest absolute Gasteiger partial charge is 0.477 e.